The van der Waals surface area contributed by atoms with Crippen LogP contribution in [0.4, 0.5) is 0 Å². The summed E-state index contributed by atoms with van der Waals surface area (Å²) in [6.07, 6.45) is 0.745. The van der Waals surface area contributed by atoms with Crippen molar-refractivity contribution in [2.24, 2.45) is 0 Å². The molecule has 0 spiro atoms. The van der Waals surface area contributed by atoms with E-state index in [9.17, 15) is 4.79 Å². The quantitative estimate of drug-likeness (QED) is 0.768. The number of hydrogen-bond acceptors (Lipinski definition) is 3. The second-order valence-corrected chi connectivity index (χ2v) is 4.83. The molecule has 0 aromatic heterocycles. The van der Waals surface area contributed by atoms with Gasteiger partial charge in [0, 0.05) is 21.2 Å². The Hall–Kier alpha value is -1.71. The number of carbonyl (C=O) groups is 1. The number of aldehydes is 1. The highest BCUT2D eigenvalue weighted by atomic mass is 35.5. The molecule has 0 heterocycles. The first kappa shape index (κ1) is 14.7. The van der Waals surface area contributed by atoms with Gasteiger partial charge < -0.3 is 9.47 Å². The number of ether oxygens (including phenoxy) is 2. The van der Waals surface area contributed by atoms with E-state index in [4.69, 9.17) is 32.7 Å². The third kappa shape index (κ3) is 3.24. The van der Waals surface area contributed by atoms with Gasteiger partial charge in [-0.1, -0.05) is 29.3 Å². The molecule has 0 bridgehead atoms. The van der Waals surface area contributed by atoms with E-state index in [1.807, 2.05) is 0 Å². The zero-order valence-corrected chi connectivity index (χ0v) is 12.2. The molecule has 0 saturated carbocycles. The maximum atomic E-state index is 10.8. The van der Waals surface area contributed by atoms with E-state index in [2.05, 4.69) is 0 Å². The maximum absolute atomic E-state index is 10.8. The molecular formula is C15H12Cl2O3. The van der Waals surface area contributed by atoms with Crippen LogP contribution in [0.1, 0.15) is 15.9 Å². The standard InChI is InChI=1S/C15H12Cl2O3/c1-19-14-6-5-10(8-18)7-15(14)20-9-11-12(16)3-2-4-13(11)17/h2-8H,9H2,1H3. The van der Waals surface area contributed by atoms with Crippen molar-refractivity contribution in [3.8, 4) is 11.5 Å². The normalized spacial score (nSPS) is 10.2. The van der Waals surface area contributed by atoms with Crippen molar-refractivity contribution in [1.29, 1.82) is 0 Å². The molecule has 0 aliphatic carbocycles. The van der Waals surface area contributed by atoms with Gasteiger partial charge in [-0.25, -0.2) is 0 Å². The lowest BCUT2D eigenvalue weighted by molar-refractivity contribution is 0.112. The lowest BCUT2D eigenvalue weighted by Crippen LogP contribution is -2.00. The van der Waals surface area contributed by atoms with Gasteiger partial charge in [0.25, 0.3) is 0 Å². The molecule has 0 atom stereocenters. The molecule has 0 radical (unpaired) electrons. The van der Waals surface area contributed by atoms with Crippen molar-refractivity contribution in [1.82, 2.24) is 0 Å². The number of methoxy groups -OCH3 is 1. The summed E-state index contributed by atoms with van der Waals surface area (Å²) in [6.45, 7) is 0.192. The molecule has 0 amide bonds. The van der Waals surface area contributed by atoms with Gasteiger partial charge in [-0.3, -0.25) is 4.79 Å². The van der Waals surface area contributed by atoms with Gasteiger partial charge >= 0.3 is 0 Å². The second-order valence-electron chi connectivity index (χ2n) is 4.02. The van der Waals surface area contributed by atoms with Gasteiger partial charge in [0.1, 0.15) is 12.9 Å². The Morgan fingerprint density at radius 3 is 2.40 bits per heavy atom. The van der Waals surface area contributed by atoms with E-state index in [1.54, 1.807) is 36.4 Å². The number of rotatable bonds is 5. The molecule has 3 nitrogen and oxygen atoms in total. The van der Waals surface area contributed by atoms with Crippen molar-refractivity contribution in [3.63, 3.8) is 0 Å². The Kier molecular flexibility index (Phi) is 4.88. The molecule has 0 N–H and O–H groups in total. The van der Waals surface area contributed by atoms with E-state index >= 15 is 0 Å². The highest BCUT2D eigenvalue weighted by Gasteiger charge is 2.10. The van der Waals surface area contributed by atoms with E-state index in [0.717, 1.165) is 6.29 Å². The van der Waals surface area contributed by atoms with Gasteiger partial charge in [0.15, 0.2) is 11.5 Å². The zero-order chi connectivity index (χ0) is 14.5. The highest BCUT2D eigenvalue weighted by Crippen LogP contribution is 2.31. The summed E-state index contributed by atoms with van der Waals surface area (Å²) in [5, 5.41) is 1.06. The van der Waals surface area contributed by atoms with Gasteiger partial charge in [-0.05, 0) is 30.3 Å². The highest BCUT2D eigenvalue weighted by molar-refractivity contribution is 6.35. The largest absolute Gasteiger partial charge is 0.493 e. The fraction of sp³-hybridized carbons (Fsp3) is 0.133. The van der Waals surface area contributed by atoms with Crippen molar-refractivity contribution in [3.05, 3.63) is 57.6 Å². The summed E-state index contributed by atoms with van der Waals surface area (Å²) in [4.78, 5) is 10.8. The van der Waals surface area contributed by atoms with Crippen LogP contribution < -0.4 is 9.47 Å². The fourth-order valence-electron chi connectivity index (χ4n) is 1.70. The van der Waals surface area contributed by atoms with Crippen LogP contribution in [0, 0.1) is 0 Å². The van der Waals surface area contributed by atoms with Crippen molar-refractivity contribution in [2.75, 3.05) is 7.11 Å². The molecule has 2 rings (SSSR count). The number of carbonyl (C=O) groups excluding carboxylic acids is 1. The smallest absolute Gasteiger partial charge is 0.162 e. The minimum absolute atomic E-state index is 0.192. The minimum atomic E-state index is 0.192. The average Bonchev–Trinajstić information content (AvgIpc) is 2.46. The van der Waals surface area contributed by atoms with Crippen molar-refractivity contribution >= 4 is 29.5 Å². The number of benzene rings is 2. The van der Waals surface area contributed by atoms with E-state index in [0.29, 0.717) is 32.7 Å². The molecule has 104 valence electrons. The van der Waals surface area contributed by atoms with Gasteiger partial charge in [0.2, 0.25) is 0 Å². The number of halogens is 2. The molecule has 5 heteroatoms. The molecule has 0 aliphatic heterocycles. The van der Waals surface area contributed by atoms with Crippen LogP contribution in [0.3, 0.4) is 0 Å². The lowest BCUT2D eigenvalue weighted by Gasteiger charge is -2.12. The molecule has 2 aromatic rings. The lowest BCUT2D eigenvalue weighted by atomic mass is 10.2. The minimum Gasteiger partial charge on any atom is -0.493 e. The number of hydrogen-bond donors (Lipinski definition) is 0. The molecule has 2 aromatic carbocycles. The summed E-state index contributed by atoms with van der Waals surface area (Å²) in [7, 11) is 1.53. The third-order valence-corrected chi connectivity index (χ3v) is 3.47. The Balaban J connectivity index is 2.24. The Labute approximate surface area is 127 Å². The van der Waals surface area contributed by atoms with Crippen LogP contribution in [0.5, 0.6) is 11.5 Å². The van der Waals surface area contributed by atoms with Crippen molar-refractivity contribution in [2.45, 2.75) is 6.61 Å². The Morgan fingerprint density at radius 2 is 1.80 bits per heavy atom. The second kappa shape index (κ2) is 6.64. The van der Waals surface area contributed by atoms with E-state index in [1.165, 1.54) is 7.11 Å². The first-order valence-electron chi connectivity index (χ1n) is 5.84. The maximum Gasteiger partial charge on any atom is 0.162 e. The van der Waals surface area contributed by atoms with Crippen LogP contribution in [-0.2, 0) is 6.61 Å². The van der Waals surface area contributed by atoms with Gasteiger partial charge in [-0.2, -0.15) is 0 Å². The summed E-state index contributed by atoms with van der Waals surface area (Å²) in [5.74, 6) is 1.01. The van der Waals surface area contributed by atoms with Crippen LogP contribution >= 0.6 is 23.2 Å². The van der Waals surface area contributed by atoms with E-state index < -0.39 is 0 Å². The SMILES string of the molecule is COc1ccc(C=O)cc1OCc1c(Cl)cccc1Cl. The van der Waals surface area contributed by atoms with Gasteiger partial charge in [-0.15, -0.1) is 0 Å². The van der Waals surface area contributed by atoms with Crippen molar-refractivity contribution < 1.29 is 14.3 Å². The van der Waals surface area contributed by atoms with Gasteiger partial charge in [0.05, 0.1) is 7.11 Å². The van der Waals surface area contributed by atoms with Crippen LogP contribution in [0.25, 0.3) is 0 Å². The molecule has 0 fully saturated rings. The molecule has 0 saturated heterocycles. The van der Waals surface area contributed by atoms with Crippen LogP contribution in [0.15, 0.2) is 36.4 Å². The molecule has 0 aliphatic rings. The first-order chi connectivity index (χ1) is 9.65. The monoisotopic (exact) mass is 310 g/mol. The first-order valence-corrected chi connectivity index (χ1v) is 6.60. The van der Waals surface area contributed by atoms with E-state index in [-0.39, 0.29) is 6.61 Å². The van der Waals surface area contributed by atoms with Crippen LogP contribution in [0.2, 0.25) is 10.0 Å². The molecule has 0 unspecified atom stereocenters. The molecule has 20 heavy (non-hydrogen) atoms. The zero-order valence-electron chi connectivity index (χ0n) is 10.7. The average molecular weight is 311 g/mol. The topological polar surface area (TPSA) is 35.5 Å². The fourth-order valence-corrected chi connectivity index (χ4v) is 2.21. The Morgan fingerprint density at radius 1 is 1.10 bits per heavy atom. The summed E-state index contributed by atoms with van der Waals surface area (Å²) in [6, 6.07) is 10.2. The predicted molar refractivity (Wildman–Crippen MR) is 79.2 cm³/mol. The third-order valence-electron chi connectivity index (χ3n) is 2.76. The summed E-state index contributed by atoms with van der Waals surface area (Å²) >= 11 is 12.2. The Bertz CT molecular complexity index is 606. The molecular weight excluding hydrogens is 299 g/mol. The predicted octanol–water partition coefficient (Wildman–Crippen LogP) is 4.39. The van der Waals surface area contributed by atoms with Crippen LogP contribution in [-0.4, -0.2) is 13.4 Å². The summed E-state index contributed by atoms with van der Waals surface area (Å²) < 4.78 is 10.9. The summed E-state index contributed by atoms with van der Waals surface area (Å²) in [5.41, 5.74) is 1.19.